The Kier molecular flexibility index (Phi) is 3.14. The van der Waals surface area contributed by atoms with Crippen LogP contribution in [0.5, 0.6) is 0 Å². The fraction of sp³-hybridized carbons (Fsp3) is 0.200. The molecule has 2 N–H and O–H groups in total. The standard InChI is InChI=1S/C15H16N2O2S/c1-11-4-2-3-5-15(11)20(18,19)17-13-6-7-14-12(10-13)8-9-16-14/h2-7,10,16-17H,8-9H2,1H3. The molecule has 2 aromatic carbocycles. The molecule has 20 heavy (non-hydrogen) atoms. The van der Waals surface area contributed by atoms with E-state index < -0.39 is 10.0 Å². The maximum atomic E-state index is 12.4. The van der Waals surface area contributed by atoms with Crippen molar-refractivity contribution < 1.29 is 8.42 Å². The molecule has 1 aliphatic heterocycles. The lowest BCUT2D eigenvalue weighted by Crippen LogP contribution is -2.14. The van der Waals surface area contributed by atoms with Crippen molar-refractivity contribution in [2.45, 2.75) is 18.2 Å². The molecule has 1 aliphatic rings. The van der Waals surface area contributed by atoms with Gasteiger partial charge in [0.1, 0.15) is 0 Å². The molecule has 104 valence electrons. The minimum absolute atomic E-state index is 0.318. The van der Waals surface area contributed by atoms with Crippen LogP contribution in [0.15, 0.2) is 47.4 Å². The van der Waals surface area contributed by atoms with Crippen LogP contribution in [0.1, 0.15) is 11.1 Å². The lowest BCUT2D eigenvalue weighted by atomic mass is 10.1. The van der Waals surface area contributed by atoms with E-state index in [9.17, 15) is 8.42 Å². The summed E-state index contributed by atoms with van der Waals surface area (Å²) in [4.78, 5) is 0.318. The van der Waals surface area contributed by atoms with Crippen LogP contribution >= 0.6 is 0 Å². The SMILES string of the molecule is Cc1ccccc1S(=O)(=O)Nc1ccc2c(c1)CCN2. The van der Waals surface area contributed by atoms with Crippen molar-refractivity contribution in [3.8, 4) is 0 Å². The third-order valence-electron chi connectivity index (χ3n) is 3.45. The molecule has 5 heteroatoms. The molecule has 0 atom stereocenters. The first-order chi connectivity index (χ1) is 9.56. The van der Waals surface area contributed by atoms with Crippen LogP contribution in [-0.4, -0.2) is 15.0 Å². The molecular formula is C15H16N2O2S. The number of aryl methyl sites for hydroxylation is 1. The Morgan fingerprint density at radius 3 is 2.75 bits per heavy atom. The highest BCUT2D eigenvalue weighted by molar-refractivity contribution is 7.92. The maximum absolute atomic E-state index is 12.4. The van der Waals surface area contributed by atoms with E-state index in [0.717, 1.165) is 29.8 Å². The minimum Gasteiger partial charge on any atom is -0.384 e. The summed E-state index contributed by atoms with van der Waals surface area (Å²) in [6.07, 6.45) is 0.926. The zero-order valence-electron chi connectivity index (χ0n) is 11.2. The summed E-state index contributed by atoms with van der Waals surface area (Å²) in [5, 5.41) is 3.25. The Balaban J connectivity index is 1.93. The number of fused-ring (bicyclic) bond motifs is 1. The quantitative estimate of drug-likeness (QED) is 0.913. The minimum atomic E-state index is -3.53. The second-order valence-corrected chi connectivity index (χ2v) is 6.57. The maximum Gasteiger partial charge on any atom is 0.262 e. The van der Waals surface area contributed by atoms with E-state index in [2.05, 4.69) is 10.0 Å². The van der Waals surface area contributed by atoms with Gasteiger partial charge in [0.05, 0.1) is 4.90 Å². The predicted molar refractivity (Wildman–Crippen MR) is 80.6 cm³/mol. The van der Waals surface area contributed by atoms with Crippen molar-refractivity contribution in [3.05, 3.63) is 53.6 Å². The van der Waals surface area contributed by atoms with Crippen LogP contribution in [0.2, 0.25) is 0 Å². The van der Waals surface area contributed by atoms with Crippen LogP contribution in [-0.2, 0) is 16.4 Å². The van der Waals surface area contributed by atoms with Gasteiger partial charge in [-0.05, 0) is 48.7 Å². The van der Waals surface area contributed by atoms with Gasteiger partial charge in [0.15, 0.2) is 0 Å². The van der Waals surface area contributed by atoms with Gasteiger partial charge in [-0.15, -0.1) is 0 Å². The fourth-order valence-corrected chi connectivity index (χ4v) is 3.73. The fourth-order valence-electron chi connectivity index (χ4n) is 2.44. The van der Waals surface area contributed by atoms with Crippen LogP contribution in [0.25, 0.3) is 0 Å². The van der Waals surface area contributed by atoms with Crippen LogP contribution in [0, 0.1) is 6.92 Å². The largest absolute Gasteiger partial charge is 0.384 e. The Morgan fingerprint density at radius 2 is 1.95 bits per heavy atom. The van der Waals surface area contributed by atoms with Gasteiger partial charge >= 0.3 is 0 Å². The normalized spacial score (nSPS) is 13.7. The smallest absolute Gasteiger partial charge is 0.262 e. The third-order valence-corrected chi connectivity index (χ3v) is 4.99. The lowest BCUT2D eigenvalue weighted by molar-refractivity contribution is 0.600. The number of hydrogen-bond acceptors (Lipinski definition) is 3. The van der Waals surface area contributed by atoms with Crippen LogP contribution < -0.4 is 10.0 Å². The summed E-state index contributed by atoms with van der Waals surface area (Å²) in [6, 6.07) is 12.6. The number of anilines is 2. The summed E-state index contributed by atoms with van der Waals surface area (Å²) < 4.78 is 27.4. The van der Waals surface area contributed by atoms with Crippen molar-refractivity contribution in [2.75, 3.05) is 16.6 Å². The predicted octanol–water partition coefficient (Wildman–Crippen LogP) is 2.76. The van der Waals surface area contributed by atoms with E-state index in [1.807, 2.05) is 18.2 Å². The van der Waals surface area contributed by atoms with Gasteiger partial charge in [-0.3, -0.25) is 4.72 Å². The summed E-state index contributed by atoms with van der Waals surface area (Å²) in [5.41, 5.74) is 3.58. The summed E-state index contributed by atoms with van der Waals surface area (Å²) >= 11 is 0. The molecule has 0 radical (unpaired) electrons. The van der Waals surface area contributed by atoms with Gasteiger partial charge in [-0.25, -0.2) is 8.42 Å². The number of rotatable bonds is 3. The molecule has 4 nitrogen and oxygen atoms in total. The number of benzene rings is 2. The molecule has 0 bridgehead atoms. The van der Waals surface area contributed by atoms with Gasteiger partial charge < -0.3 is 5.32 Å². The van der Waals surface area contributed by atoms with E-state index in [4.69, 9.17) is 0 Å². The molecule has 0 amide bonds. The van der Waals surface area contributed by atoms with Gasteiger partial charge in [0.2, 0.25) is 0 Å². The monoisotopic (exact) mass is 288 g/mol. The molecule has 0 fully saturated rings. The van der Waals surface area contributed by atoms with Crippen molar-refractivity contribution in [1.82, 2.24) is 0 Å². The van der Waals surface area contributed by atoms with Gasteiger partial charge in [-0.2, -0.15) is 0 Å². The molecule has 0 unspecified atom stereocenters. The number of hydrogen-bond donors (Lipinski definition) is 2. The molecule has 0 saturated carbocycles. The highest BCUT2D eigenvalue weighted by Gasteiger charge is 2.17. The second kappa shape index (κ2) is 4.83. The van der Waals surface area contributed by atoms with Crippen molar-refractivity contribution in [2.24, 2.45) is 0 Å². The topological polar surface area (TPSA) is 58.2 Å². The van der Waals surface area contributed by atoms with E-state index >= 15 is 0 Å². The molecule has 0 aliphatic carbocycles. The highest BCUT2D eigenvalue weighted by atomic mass is 32.2. The first-order valence-electron chi connectivity index (χ1n) is 6.51. The number of sulfonamides is 1. The van der Waals surface area contributed by atoms with E-state index in [0.29, 0.717) is 10.6 Å². The molecule has 1 heterocycles. The summed E-state index contributed by atoms with van der Waals surface area (Å²) in [7, 11) is -3.53. The lowest BCUT2D eigenvalue weighted by Gasteiger charge is -2.11. The van der Waals surface area contributed by atoms with Crippen molar-refractivity contribution >= 4 is 21.4 Å². The van der Waals surface area contributed by atoms with E-state index in [1.165, 1.54) is 0 Å². The molecule has 0 saturated heterocycles. The molecule has 2 aromatic rings. The Labute approximate surface area is 118 Å². The Hall–Kier alpha value is -2.01. The Morgan fingerprint density at radius 1 is 1.15 bits per heavy atom. The summed E-state index contributed by atoms with van der Waals surface area (Å²) in [6.45, 7) is 2.70. The van der Waals surface area contributed by atoms with Gasteiger partial charge in [-0.1, -0.05) is 18.2 Å². The second-order valence-electron chi connectivity index (χ2n) is 4.92. The summed E-state index contributed by atoms with van der Waals surface area (Å²) in [5.74, 6) is 0. The first-order valence-corrected chi connectivity index (χ1v) is 8.00. The van der Waals surface area contributed by atoms with E-state index in [1.54, 1.807) is 31.2 Å². The molecular weight excluding hydrogens is 272 g/mol. The third kappa shape index (κ3) is 2.36. The van der Waals surface area contributed by atoms with Crippen molar-refractivity contribution in [3.63, 3.8) is 0 Å². The Bertz CT molecular complexity index is 754. The first kappa shape index (κ1) is 13.0. The molecule has 0 aromatic heterocycles. The average Bonchev–Trinajstić information content (AvgIpc) is 2.86. The average molecular weight is 288 g/mol. The van der Waals surface area contributed by atoms with Gasteiger partial charge in [0, 0.05) is 17.9 Å². The van der Waals surface area contributed by atoms with Crippen LogP contribution in [0.4, 0.5) is 11.4 Å². The zero-order valence-corrected chi connectivity index (χ0v) is 12.0. The molecule has 0 spiro atoms. The van der Waals surface area contributed by atoms with Crippen molar-refractivity contribution in [1.29, 1.82) is 0 Å². The van der Waals surface area contributed by atoms with Gasteiger partial charge in [0.25, 0.3) is 10.0 Å². The highest BCUT2D eigenvalue weighted by Crippen LogP contribution is 2.27. The van der Waals surface area contributed by atoms with Crippen LogP contribution in [0.3, 0.4) is 0 Å². The number of nitrogens with one attached hydrogen (secondary N) is 2. The zero-order chi connectivity index (χ0) is 14.2. The van der Waals surface area contributed by atoms with E-state index in [-0.39, 0.29) is 0 Å². The molecule has 3 rings (SSSR count).